The molecule has 0 radical (unpaired) electrons. The number of rotatable bonds is 6. The second kappa shape index (κ2) is 5.57. The van der Waals surface area contributed by atoms with Gasteiger partial charge in [0.25, 0.3) is 0 Å². The topological polar surface area (TPSA) is 52.6 Å². The number of likely N-dealkylation sites (tertiary alicyclic amines) is 1. The van der Waals surface area contributed by atoms with Crippen molar-refractivity contribution in [2.75, 3.05) is 13.1 Å². The summed E-state index contributed by atoms with van der Waals surface area (Å²) in [6, 6.07) is 0.280. The maximum absolute atomic E-state index is 11.4. The molecular weight excluding hydrogens is 228 g/mol. The van der Waals surface area contributed by atoms with Crippen molar-refractivity contribution in [3.05, 3.63) is 0 Å². The Bertz CT molecular complexity index is 304. The average molecular weight is 256 g/mol. The van der Waals surface area contributed by atoms with Gasteiger partial charge in [-0.25, -0.2) is 0 Å². The molecule has 0 bridgehead atoms. The zero-order valence-electron chi connectivity index (χ0n) is 12.4. The number of hydrogen-bond donors (Lipinski definition) is 2. The van der Waals surface area contributed by atoms with Gasteiger partial charge in [-0.1, -0.05) is 6.92 Å². The van der Waals surface area contributed by atoms with Gasteiger partial charge in [0.15, 0.2) is 0 Å². The standard InChI is InChI=1S/C14H28N2O2/c1-6-15-14(5,12(17)18)10-11(2)16-9-7-8-13(16,3)4/h11,15H,6-10H2,1-5H3,(H,17,18). The Kier molecular flexibility index (Phi) is 4.78. The highest BCUT2D eigenvalue weighted by atomic mass is 16.4. The molecule has 1 heterocycles. The number of likely N-dealkylation sites (N-methyl/N-ethyl adjacent to an activating group) is 1. The van der Waals surface area contributed by atoms with Crippen molar-refractivity contribution in [3.63, 3.8) is 0 Å². The van der Waals surface area contributed by atoms with Crippen molar-refractivity contribution < 1.29 is 9.90 Å². The van der Waals surface area contributed by atoms with Gasteiger partial charge >= 0.3 is 5.97 Å². The number of hydrogen-bond acceptors (Lipinski definition) is 3. The van der Waals surface area contributed by atoms with Gasteiger partial charge in [-0.05, 0) is 60.0 Å². The lowest BCUT2D eigenvalue weighted by Crippen LogP contribution is -2.55. The summed E-state index contributed by atoms with van der Waals surface area (Å²) in [4.78, 5) is 13.9. The van der Waals surface area contributed by atoms with Gasteiger partial charge in [-0.15, -0.1) is 0 Å². The molecular formula is C14H28N2O2. The molecule has 1 fully saturated rings. The molecule has 0 aromatic carbocycles. The van der Waals surface area contributed by atoms with E-state index in [2.05, 4.69) is 31.0 Å². The summed E-state index contributed by atoms with van der Waals surface area (Å²) < 4.78 is 0. The first-order chi connectivity index (χ1) is 8.23. The van der Waals surface area contributed by atoms with E-state index in [1.54, 1.807) is 6.92 Å². The first kappa shape index (κ1) is 15.4. The van der Waals surface area contributed by atoms with Crippen molar-refractivity contribution in [2.45, 2.75) is 71.0 Å². The molecule has 18 heavy (non-hydrogen) atoms. The van der Waals surface area contributed by atoms with Crippen LogP contribution in [0, 0.1) is 0 Å². The number of nitrogens with zero attached hydrogens (tertiary/aromatic N) is 1. The Morgan fingerprint density at radius 1 is 1.56 bits per heavy atom. The third-order valence-corrected chi connectivity index (χ3v) is 4.24. The fourth-order valence-electron chi connectivity index (χ4n) is 3.27. The number of carbonyl (C=O) groups is 1. The Morgan fingerprint density at radius 2 is 2.17 bits per heavy atom. The molecule has 1 rings (SSSR count). The van der Waals surface area contributed by atoms with Crippen molar-refractivity contribution in [2.24, 2.45) is 0 Å². The van der Waals surface area contributed by atoms with Gasteiger partial charge in [0.05, 0.1) is 0 Å². The fourth-order valence-corrected chi connectivity index (χ4v) is 3.27. The second-order valence-corrected chi connectivity index (χ2v) is 6.33. The Morgan fingerprint density at radius 3 is 2.56 bits per heavy atom. The molecule has 1 aliphatic rings. The van der Waals surface area contributed by atoms with Crippen LogP contribution in [0.5, 0.6) is 0 Å². The van der Waals surface area contributed by atoms with E-state index in [1.807, 2.05) is 6.92 Å². The molecule has 0 saturated carbocycles. The van der Waals surface area contributed by atoms with Crippen LogP contribution in [0.15, 0.2) is 0 Å². The average Bonchev–Trinajstić information content (AvgIpc) is 2.58. The molecule has 106 valence electrons. The van der Waals surface area contributed by atoms with Crippen LogP contribution >= 0.6 is 0 Å². The Balaban J connectivity index is 2.73. The zero-order valence-corrected chi connectivity index (χ0v) is 12.4. The first-order valence-corrected chi connectivity index (χ1v) is 6.98. The van der Waals surface area contributed by atoms with E-state index in [0.29, 0.717) is 13.0 Å². The van der Waals surface area contributed by atoms with Gasteiger partial charge in [0, 0.05) is 11.6 Å². The maximum Gasteiger partial charge on any atom is 0.323 e. The van der Waals surface area contributed by atoms with Crippen LogP contribution in [0.2, 0.25) is 0 Å². The van der Waals surface area contributed by atoms with Crippen molar-refractivity contribution in [1.82, 2.24) is 10.2 Å². The summed E-state index contributed by atoms with van der Waals surface area (Å²) in [5.74, 6) is -0.756. The van der Waals surface area contributed by atoms with Crippen LogP contribution < -0.4 is 5.32 Å². The molecule has 0 aromatic heterocycles. The van der Waals surface area contributed by atoms with E-state index in [9.17, 15) is 9.90 Å². The Labute approximate surface area is 111 Å². The summed E-state index contributed by atoms with van der Waals surface area (Å²) in [6.45, 7) is 12.1. The molecule has 1 saturated heterocycles. The van der Waals surface area contributed by atoms with E-state index >= 15 is 0 Å². The summed E-state index contributed by atoms with van der Waals surface area (Å²) in [5, 5.41) is 12.5. The predicted molar refractivity (Wildman–Crippen MR) is 73.8 cm³/mol. The molecule has 4 nitrogen and oxygen atoms in total. The second-order valence-electron chi connectivity index (χ2n) is 6.33. The normalized spacial score (nSPS) is 24.7. The SMILES string of the molecule is CCNC(C)(CC(C)N1CCCC1(C)C)C(=O)O. The maximum atomic E-state index is 11.4. The molecule has 2 atom stereocenters. The van der Waals surface area contributed by atoms with Gasteiger partial charge in [-0.3, -0.25) is 9.69 Å². The van der Waals surface area contributed by atoms with E-state index in [-0.39, 0.29) is 11.6 Å². The molecule has 4 heteroatoms. The van der Waals surface area contributed by atoms with E-state index in [4.69, 9.17) is 0 Å². The van der Waals surface area contributed by atoms with E-state index in [1.165, 1.54) is 12.8 Å². The quantitative estimate of drug-likeness (QED) is 0.764. The lowest BCUT2D eigenvalue weighted by atomic mass is 9.91. The van der Waals surface area contributed by atoms with E-state index in [0.717, 1.165) is 6.54 Å². The third-order valence-electron chi connectivity index (χ3n) is 4.24. The van der Waals surface area contributed by atoms with Crippen molar-refractivity contribution in [3.8, 4) is 0 Å². The number of nitrogens with one attached hydrogen (secondary N) is 1. The lowest BCUT2D eigenvalue weighted by molar-refractivity contribution is -0.145. The van der Waals surface area contributed by atoms with Gasteiger partial charge in [0.2, 0.25) is 0 Å². The highest BCUT2D eigenvalue weighted by Crippen LogP contribution is 2.32. The molecule has 0 aromatic rings. The summed E-state index contributed by atoms with van der Waals surface area (Å²) in [5.41, 5.74) is -0.627. The minimum absolute atomic E-state index is 0.199. The van der Waals surface area contributed by atoms with Crippen LogP contribution in [0.3, 0.4) is 0 Å². The smallest absolute Gasteiger partial charge is 0.323 e. The van der Waals surface area contributed by atoms with Crippen molar-refractivity contribution >= 4 is 5.97 Å². The molecule has 1 aliphatic heterocycles. The van der Waals surface area contributed by atoms with Gasteiger partial charge in [0.1, 0.15) is 5.54 Å². The highest BCUT2D eigenvalue weighted by Gasteiger charge is 2.40. The molecule has 0 aliphatic carbocycles. The summed E-state index contributed by atoms with van der Waals surface area (Å²) >= 11 is 0. The Hall–Kier alpha value is -0.610. The summed E-state index contributed by atoms with van der Waals surface area (Å²) in [6.07, 6.45) is 3.05. The highest BCUT2D eigenvalue weighted by molar-refractivity contribution is 5.78. The number of aliphatic carboxylic acids is 1. The number of carboxylic acids is 1. The minimum Gasteiger partial charge on any atom is -0.480 e. The summed E-state index contributed by atoms with van der Waals surface area (Å²) in [7, 11) is 0. The predicted octanol–water partition coefficient (Wildman–Crippen LogP) is 2.09. The van der Waals surface area contributed by atoms with Crippen LogP contribution in [-0.4, -0.2) is 46.2 Å². The van der Waals surface area contributed by atoms with E-state index < -0.39 is 11.5 Å². The minimum atomic E-state index is -0.827. The molecule has 2 N–H and O–H groups in total. The molecule has 0 spiro atoms. The van der Waals surface area contributed by atoms with Crippen LogP contribution in [-0.2, 0) is 4.79 Å². The molecule has 2 unspecified atom stereocenters. The first-order valence-electron chi connectivity index (χ1n) is 6.98. The van der Waals surface area contributed by atoms with Gasteiger partial charge < -0.3 is 10.4 Å². The van der Waals surface area contributed by atoms with Gasteiger partial charge in [-0.2, -0.15) is 0 Å². The van der Waals surface area contributed by atoms with Crippen LogP contribution in [0.1, 0.15) is 53.9 Å². The zero-order chi connectivity index (χ0) is 14.0. The largest absolute Gasteiger partial charge is 0.480 e. The fraction of sp³-hybridized carbons (Fsp3) is 0.929. The monoisotopic (exact) mass is 256 g/mol. The molecule has 0 amide bonds. The lowest BCUT2D eigenvalue weighted by Gasteiger charge is -2.40. The van der Waals surface area contributed by atoms with Crippen LogP contribution in [0.25, 0.3) is 0 Å². The third kappa shape index (κ3) is 3.23. The van der Waals surface area contributed by atoms with Crippen LogP contribution in [0.4, 0.5) is 0 Å². The number of carboxylic acid groups (broad SMARTS) is 1. The van der Waals surface area contributed by atoms with Crippen molar-refractivity contribution in [1.29, 1.82) is 0 Å².